The molecule has 0 bridgehead atoms. The Labute approximate surface area is 221 Å². The number of piperidine rings is 1. The van der Waals surface area contributed by atoms with Gasteiger partial charge in [0.1, 0.15) is 5.75 Å². The molecule has 0 saturated carbocycles. The van der Waals surface area contributed by atoms with Gasteiger partial charge in [-0.05, 0) is 73.5 Å². The molecule has 1 fully saturated rings. The first-order valence-corrected chi connectivity index (χ1v) is 14.7. The summed E-state index contributed by atoms with van der Waals surface area (Å²) in [4.78, 5) is 13.1. The summed E-state index contributed by atoms with van der Waals surface area (Å²) in [5.41, 5.74) is 0.657. The fourth-order valence-electron chi connectivity index (χ4n) is 3.98. The van der Waals surface area contributed by atoms with E-state index in [0.29, 0.717) is 30.8 Å². The highest BCUT2D eigenvalue weighted by Gasteiger charge is 2.33. The Morgan fingerprint density at radius 3 is 2.24 bits per heavy atom. The molecule has 0 aromatic heterocycles. The zero-order chi connectivity index (χ0) is 26.6. The van der Waals surface area contributed by atoms with E-state index in [1.54, 1.807) is 36.4 Å². The van der Waals surface area contributed by atoms with E-state index in [1.165, 1.54) is 47.8 Å². The second-order valence-corrected chi connectivity index (χ2v) is 12.5. The first-order chi connectivity index (χ1) is 17.6. The van der Waals surface area contributed by atoms with Gasteiger partial charge in [0.2, 0.25) is 15.9 Å². The molecule has 37 heavy (non-hydrogen) atoms. The van der Waals surface area contributed by atoms with E-state index in [1.807, 2.05) is 0 Å². The Bertz CT molecular complexity index is 1480. The van der Waals surface area contributed by atoms with Crippen LogP contribution in [0.15, 0.2) is 82.6 Å². The Kier molecular flexibility index (Phi) is 8.08. The SMILES string of the molecule is COc1ccc(S(=O)(=O)N2CCCC(C(=O)Nc3ccc(S(=O)(=O)Nc4ccccc4Cl)cc3)C2)cc1. The van der Waals surface area contributed by atoms with Crippen LogP contribution in [0.2, 0.25) is 5.02 Å². The lowest BCUT2D eigenvalue weighted by Gasteiger charge is -2.31. The predicted molar refractivity (Wildman–Crippen MR) is 142 cm³/mol. The number of carbonyl (C=O) groups excluding carboxylic acids is 1. The number of methoxy groups -OCH3 is 1. The van der Waals surface area contributed by atoms with Gasteiger partial charge in [0, 0.05) is 18.8 Å². The molecule has 1 atom stereocenters. The van der Waals surface area contributed by atoms with Crippen molar-refractivity contribution in [1.82, 2.24) is 4.31 Å². The van der Waals surface area contributed by atoms with Crippen LogP contribution >= 0.6 is 11.6 Å². The van der Waals surface area contributed by atoms with E-state index >= 15 is 0 Å². The highest BCUT2D eigenvalue weighted by molar-refractivity contribution is 7.92. The number of anilines is 2. The third kappa shape index (κ3) is 6.24. The molecule has 1 aliphatic heterocycles. The molecule has 9 nitrogen and oxygen atoms in total. The molecular weight excluding hydrogens is 538 g/mol. The van der Waals surface area contributed by atoms with E-state index in [0.717, 1.165) is 0 Å². The molecule has 0 spiro atoms. The topological polar surface area (TPSA) is 122 Å². The monoisotopic (exact) mass is 563 g/mol. The molecule has 1 saturated heterocycles. The number of nitrogens with one attached hydrogen (secondary N) is 2. The maximum Gasteiger partial charge on any atom is 0.261 e. The zero-order valence-corrected chi connectivity index (χ0v) is 22.3. The number of amides is 1. The molecule has 3 aromatic rings. The van der Waals surface area contributed by atoms with Gasteiger partial charge in [-0.3, -0.25) is 9.52 Å². The van der Waals surface area contributed by atoms with Crippen LogP contribution in [0.1, 0.15) is 12.8 Å². The molecule has 1 amide bonds. The van der Waals surface area contributed by atoms with Gasteiger partial charge in [-0.15, -0.1) is 0 Å². The molecule has 0 radical (unpaired) electrons. The molecule has 4 rings (SSSR count). The molecule has 1 aliphatic rings. The van der Waals surface area contributed by atoms with Gasteiger partial charge in [-0.2, -0.15) is 4.31 Å². The van der Waals surface area contributed by atoms with E-state index in [9.17, 15) is 21.6 Å². The Morgan fingerprint density at radius 2 is 1.59 bits per heavy atom. The minimum Gasteiger partial charge on any atom is -0.497 e. The molecule has 0 aliphatic carbocycles. The summed E-state index contributed by atoms with van der Waals surface area (Å²) in [5.74, 6) is -0.334. The summed E-state index contributed by atoms with van der Waals surface area (Å²) in [7, 11) is -6.15. The molecule has 1 unspecified atom stereocenters. The second-order valence-electron chi connectivity index (χ2n) is 8.48. The number of nitrogens with zero attached hydrogens (tertiary/aromatic N) is 1. The minimum atomic E-state index is -3.88. The van der Waals surface area contributed by atoms with Gasteiger partial charge in [0.05, 0.1) is 33.5 Å². The molecule has 3 aromatic carbocycles. The van der Waals surface area contributed by atoms with E-state index in [4.69, 9.17) is 16.3 Å². The maximum atomic E-state index is 13.1. The first kappa shape index (κ1) is 26.9. The zero-order valence-electron chi connectivity index (χ0n) is 19.9. The lowest BCUT2D eigenvalue weighted by Crippen LogP contribution is -2.43. The van der Waals surface area contributed by atoms with Crippen molar-refractivity contribution >= 4 is 48.9 Å². The molecular formula is C25H26ClN3O6S2. The smallest absolute Gasteiger partial charge is 0.261 e. The van der Waals surface area contributed by atoms with Crippen molar-refractivity contribution in [3.05, 3.63) is 77.8 Å². The third-order valence-corrected chi connectivity index (χ3v) is 9.59. The van der Waals surface area contributed by atoms with Crippen LogP contribution in [0.4, 0.5) is 11.4 Å². The van der Waals surface area contributed by atoms with Gasteiger partial charge in [0.15, 0.2) is 0 Å². The number of ether oxygens (including phenoxy) is 1. The fourth-order valence-corrected chi connectivity index (χ4v) is 6.82. The largest absolute Gasteiger partial charge is 0.497 e. The van der Waals surface area contributed by atoms with Crippen LogP contribution in [-0.2, 0) is 24.8 Å². The number of carbonyl (C=O) groups is 1. The second kappa shape index (κ2) is 11.1. The Morgan fingerprint density at radius 1 is 0.946 bits per heavy atom. The number of para-hydroxylation sites is 1. The Balaban J connectivity index is 1.41. The fraction of sp³-hybridized carbons (Fsp3) is 0.240. The maximum absolute atomic E-state index is 13.1. The Hall–Kier alpha value is -3.12. The normalized spacial score (nSPS) is 16.6. The van der Waals surface area contributed by atoms with Crippen LogP contribution in [0.5, 0.6) is 5.75 Å². The molecule has 12 heteroatoms. The standard InChI is InChI=1S/C25H26ClN3O6S2/c1-35-20-10-14-22(15-11-20)37(33,34)29-16-4-5-18(17-29)25(30)27-19-8-12-21(13-9-19)36(31,32)28-24-7-3-2-6-23(24)26/h2-3,6-15,18,28H,4-5,16-17H2,1H3,(H,27,30). The average molecular weight is 564 g/mol. The minimum absolute atomic E-state index is 0.000143. The van der Waals surface area contributed by atoms with Crippen LogP contribution in [-0.4, -0.2) is 47.2 Å². The highest BCUT2D eigenvalue weighted by Crippen LogP contribution is 2.27. The van der Waals surface area contributed by atoms with Crippen molar-refractivity contribution < 1.29 is 26.4 Å². The van der Waals surface area contributed by atoms with E-state index in [2.05, 4.69) is 10.0 Å². The number of hydrogen-bond acceptors (Lipinski definition) is 6. The third-order valence-electron chi connectivity index (χ3n) is 6.00. The lowest BCUT2D eigenvalue weighted by atomic mass is 9.99. The van der Waals surface area contributed by atoms with Crippen molar-refractivity contribution in [2.75, 3.05) is 30.2 Å². The van der Waals surface area contributed by atoms with Crippen molar-refractivity contribution in [2.24, 2.45) is 5.92 Å². The number of benzene rings is 3. The first-order valence-electron chi connectivity index (χ1n) is 11.4. The summed E-state index contributed by atoms with van der Waals surface area (Å²) >= 11 is 6.04. The number of rotatable bonds is 8. The molecule has 1 heterocycles. The predicted octanol–water partition coefficient (Wildman–Crippen LogP) is 4.19. The van der Waals surface area contributed by atoms with E-state index < -0.39 is 26.0 Å². The van der Waals surface area contributed by atoms with Gasteiger partial charge in [0.25, 0.3) is 10.0 Å². The van der Waals surface area contributed by atoms with Crippen molar-refractivity contribution in [1.29, 1.82) is 0 Å². The van der Waals surface area contributed by atoms with E-state index in [-0.39, 0.29) is 33.0 Å². The summed E-state index contributed by atoms with van der Waals surface area (Å²) in [5, 5.41) is 3.03. The van der Waals surface area contributed by atoms with Crippen LogP contribution in [0.25, 0.3) is 0 Å². The molecule has 2 N–H and O–H groups in total. The van der Waals surface area contributed by atoms with Gasteiger partial charge in [-0.1, -0.05) is 23.7 Å². The highest BCUT2D eigenvalue weighted by atomic mass is 35.5. The summed E-state index contributed by atoms with van der Waals surface area (Å²) < 4.78 is 60.4. The van der Waals surface area contributed by atoms with Crippen LogP contribution in [0, 0.1) is 5.92 Å². The quantitative estimate of drug-likeness (QED) is 0.424. The van der Waals surface area contributed by atoms with Crippen molar-refractivity contribution in [2.45, 2.75) is 22.6 Å². The van der Waals surface area contributed by atoms with Crippen molar-refractivity contribution in [3.8, 4) is 5.75 Å². The van der Waals surface area contributed by atoms with Crippen molar-refractivity contribution in [3.63, 3.8) is 0 Å². The number of hydrogen-bond donors (Lipinski definition) is 2. The van der Waals surface area contributed by atoms with Gasteiger partial charge < -0.3 is 10.1 Å². The molecule has 196 valence electrons. The van der Waals surface area contributed by atoms with Crippen LogP contribution < -0.4 is 14.8 Å². The number of sulfonamides is 2. The summed E-state index contributed by atoms with van der Waals surface area (Å²) in [6, 6.07) is 18.3. The summed E-state index contributed by atoms with van der Waals surface area (Å²) in [6.45, 7) is 0.373. The average Bonchev–Trinajstić information content (AvgIpc) is 2.90. The van der Waals surface area contributed by atoms with Gasteiger partial charge in [-0.25, -0.2) is 16.8 Å². The van der Waals surface area contributed by atoms with Gasteiger partial charge >= 0.3 is 0 Å². The summed E-state index contributed by atoms with van der Waals surface area (Å²) in [6.07, 6.45) is 1.08. The van der Waals surface area contributed by atoms with Crippen LogP contribution in [0.3, 0.4) is 0 Å². The lowest BCUT2D eigenvalue weighted by molar-refractivity contribution is -0.120. The number of halogens is 1.